The first-order valence-electron chi connectivity index (χ1n) is 4.72. The summed E-state index contributed by atoms with van der Waals surface area (Å²) in [4.78, 5) is 1.28. The first kappa shape index (κ1) is 11.2. The van der Waals surface area contributed by atoms with Gasteiger partial charge < -0.3 is 5.73 Å². The van der Waals surface area contributed by atoms with Crippen LogP contribution in [-0.4, -0.2) is 5.75 Å². The van der Waals surface area contributed by atoms with Crippen LogP contribution in [0, 0.1) is 12.3 Å². The highest BCUT2D eigenvalue weighted by Crippen LogP contribution is 2.20. The van der Waals surface area contributed by atoms with Crippen molar-refractivity contribution >= 4 is 11.8 Å². The van der Waals surface area contributed by atoms with Crippen molar-refractivity contribution in [2.24, 2.45) is 5.73 Å². The van der Waals surface area contributed by atoms with Crippen LogP contribution in [0.3, 0.4) is 0 Å². The highest BCUT2D eigenvalue weighted by atomic mass is 32.2. The van der Waals surface area contributed by atoms with Gasteiger partial charge in [0.1, 0.15) is 0 Å². The van der Waals surface area contributed by atoms with Gasteiger partial charge in [0.05, 0.1) is 0 Å². The van der Waals surface area contributed by atoms with Crippen molar-refractivity contribution in [1.82, 2.24) is 0 Å². The van der Waals surface area contributed by atoms with E-state index in [1.165, 1.54) is 10.5 Å². The van der Waals surface area contributed by atoms with Crippen LogP contribution in [0.2, 0.25) is 0 Å². The Kier molecular flexibility index (Phi) is 5.21. The Bertz CT molecular complexity index is 314. The zero-order valence-electron chi connectivity index (χ0n) is 8.20. The highest BCUT2D eigenvalue weighted by molar-refractivity contribution is 7.99. The molecule has 1 aromatic carbocycles. The maximum Gasteiger partial charge on any atom is 0.0178 e. The minimum absolute atomic E-state index is 0.610. The van der Waals surface area contributed by atoms with Crippen LogP contribution >= 0.6 is 11.8 Å². The van der Waals surface area contributed by atoms with E-state index in [0.29, 0.717) is 6.54 Å². The maximum absolute atomic E-state index is 5.56. The van der Waals surface area contributed by atoms with E-state index in [4.69, 9.17) is 12.2 Å². The second-order valence-corrected chi connectivity index (χ2v) is 4.18. The Balaban J connectivity index is 2.39. The van der Waals surface area contributed by atoms with E-state index in [2.05, 4.69) is 18.1 Å². The first-order chi connectivity index (χ1) is 6.86. The van der Waals surface area contributed by atoms with Gasteiger partial charge in [-0.2, -0.15) is 0 Å². The van der Waals surface area contributed by atoms with Crippen molar-refractivity contribution in [3.05, 3.63) is 29.8 Å². The summed E-state index contributed by atoms with van der Waals surface area (Å²) in [6, 6.07) is 8.34. The molecule has 0 radical (unpaired) electrons. The Morgan fingerprint density at radius 2 is 2.29 bits per heavy atom. The Labute approximate surface area is 90.1 Å². The molecular weight excluding hydrogens is 190 g/mol. The predicted molar refractivity (Wildman–Crippen MR) is 63.1 cm³/mol. The van der Waals surface area contributed by atoms with E-state index in [1.807, 2.05) is 23.9 Å². The Morgan fingerprint density at radius 1 is 1.43 bits per heavy atom. The normalized spacial score (nSPS) is 9.71. The molecule has 74 valence electrons. The van der Waals surface area contributed by atoms with E-state index in [9.17, 15) is 0 Å². The number of unbranched alkanes of at least 4 members (excludes halogenated alkanes) is 1. The Hall–Kier alpha value is -0.910. The van der Waals surface area contributed by atoms with Crippen molar-refractivity contribution in [1.29, 1.82) is 0 Å². The SMILES string of the molecule is C#CCCCSc1cccc(CN)c1. The summed E-state index contributed by atoms with van der Waals surface area (Å²) in [5.41, 5.74) is 6.75. The third-order valence-electron chi connectivity index (χ3n) is 1.87. The molecule has 1 nitrogen and oxygen atoms in total. The number of benzene rings is 1. The van der Waals surface area contributed by atoms with Gasteiger partial charge in [0.2, 0.25) is 0 Å². The van der Waals surface area contributed by atoms with Gasteiger partial charge >= 0.3 is 0 Å². The van der Waals surface area contributed by atoms with E-state index in [-0.39, 0.29) is 0 Å². The molecular formula is C12H15NS. The molecule has 0 aliphatic rings. The third-order valence-corrected chi connectivity index (χ3v) is 2.95. The number of rotatable bonds is 5. The lowest BCUT2D eigenvalue weighted by atomic mass is 10.2. The van der Waals surface area contributed by atoms with Gasteiger partial charge in [-0.3, -0.25) is 0 Å². The molecule has 0 saturated heterocycles. The minimum Gasteiger partial charge on any atom is -0.326 e. The van der Waals surface area contributed by atoms with Crippen LogP contribution in [0.4, 0.5) is 0 Å². The van der Waals surface area contributed by atoms with Gasteiger partial charge in [-0.15, -0.1) is 24.1 Å². The summed E-state index contributed by atoms with van der Waals surface area (Å²) in [5.74, 6) is 3.72. The summed E-state index contributed by atoms with van der Waals surface area (Å²) in [6.45, 7) is 0.610. The van der Waals surface area contributed by atoms with Crippen molar-refractivity contribution in [2.75, 3.05) is 5.75 Å². The lowest BCUT2D eigenvalue weighted by Crippen LogP contribution is -1.95. The van der Waals surface area contributed by atoms with Gasteiger partial charge in [-0.25, -0.2) is 0 Å². The molecule has 0 heterocycles. The molecule has 0 fully saturated rings. The summed E-state index contributed by atoms with van der Waals surface area (Å²) < 4.78 is 0. The molecule has 14 heavy (non-hydrogen) atoms. The van der Waals surface area contributed by atoms with Gasteiger partial charge in [0, 0.05) is 17.9 Å². The van der Waals surface area contributed by atoms with Gasteiger partial charge in [-0.1, -0.05) is 12.1 Å². The quantitative estimate of drug-likeness (QED) is 0.454. The molecule has 2 N–H and O–H groups in total. The predicted octanol–water partition coefficient (Wildman–Crippen LogP) is 2.65. The van der Waals surface area contributed by atoms with Gasteiger partial charge in [-0.05, 0) is 29.9 Å². The lowest BCUT2D eigenvalue weighted by molar-refractivity contribution is 0.996. The van der Waals surface area contributed by atoms with E-state index in [1.54, 1.807) is 0 Å². The third kappa shape index (κ3) is 3.87. The van der Waals surface area contributed by atoms with Crippen LogP contribution < -0.4 is 5.73 Å². The molecule has 0 unspecified atom stereocenters. The largest absolute Gasteiger partial charge is 0.326 e. The lowest BCUT2D eigenvalue weighted by Gasteiger charge is -2.02. The standard InChI is InChI=1S/C12H15NS/c1-2-3-4-8-14-12-7-5-6-11(9-12)10-13/h1,5-7,9H,3-4,8,10,13H2. The maximum atomic E-state index is 5.56. The van der Waals surface area contributed by atoms with Crippen molar-refractivity contribution in [3.8, 4) is 12.3 Å². The molecule has 0 aliphatic carbocycles. The van der Waals surface area contributed by atoms with Crippen LogP contribution in [0.25, 0.3) is 0 Å². The molecule has 0 aliphatic heterocycles. The van der Waals surface area contributed by atoms with Gasteiger partial charge in [0.25, 0.3) is 0 Å². The molecule has 1 rings (SSSR count). The molecule has 2 heteroatoms. The molecule has 1 aromatic rings. The van der Waals surface area contributed by atoms with Crippen LogP contribution in [0.5, 0.6) is 0 Å². The topological polar surface area (TPSA) is 26.0 Å². The zero-order valence-corrected chi connectivity index (χ0v) is 9.02. The van der Waals surface area contributed by atoms with Crippen molar-refractivity contribution < 1.29 is 0 Å². The second kappa shape index (κ2) is 6.53. The zero-order chi connectivity index (χ0) is 10.2. The molecule has 0 saturated carbocycles. The minimum atomic E-state index is 0.610. The van der Waals surface area contributed by atoms with Crippen molar-refractivity contribution in [3.63, 3.8) is 0 Å². The number of nitrogens with two attached hydrogens (primary N) is 1. The molecule has 0 bridgehead atoms. The van der Waals surface area contributed by atoms with Crippen LogP contribution in [0.15, 0.2) is 29.2 Å². The number of hydrogen-bond acceptors (Lipinski definition) is 2. The van der Waals surface area contributed by atoms with E-state index in [0.717, 1.165) is 18.6 Å². The fraction of sp³-hybridized carbons (Fsp3) is 0.333. The molecule has 0 aromatic heterocycles. The van der Waals surface area contributed by atoms with Crippen LogP contribution in [0.1, 0.15) is 18.4 Å². The van der Waals surface area contributed by atoms with E-state index < -0.39 is 0 Å². The average molecular weight is 205 g/mol. The van der Waals surface area contributed by atoms with Gasteiger partial charge in [0.15, 0.2) is 0 Å². The fourth-order valence-corrected chi connectivity index (χ4v) is 2.06. The summed E-state index contributed by atoms with van der Waals surface area (Å²) in [7, 11) is 0. The van der Waals surface area contributed by atoms with E-state index >= 15 is 0 Å². The summed E-state index contributed by atoms with van der Waals surface area (Å²) >= 11 is 1.84. The summed E-state index contributed by atoms with van der Waals surface area (Å²) in [5, 5.41) is 0. The molecule has 0 atom stereocenters. The average Bonchev–Trinajstić information content (AvgIpc) is 2.25. The first-order valence-corrected chi connectivity index (χ1v) is 5.70. The Morgan fingerprint density at radius 3 is 3.00 bits per heavy atom. The summed E-state index contributed by atoms with van der Waals surface area (Å²) in [6.07, 6.45) is 7.12. The monoisotopic (exact) mass is 205 g/mol. The highest BCUT2D eigenvalue weighted by Gasteiger charge is 1.95. The number of hydrogen-bond donors (Lipinski definition) is 1. The van der Waals surface area contributed by atoms with Crippen LogP contribution in [-0.2, 0) is 6.54 Å². The molecule has 0 amide bonds. The number of thioether (sulfide) groups is 1. The van der Waals surface area contributed by atoms with Crippen molar-refractivity contribution in [2.45, 2.75) is 24.3 Å². The molecule has 0 spiro atoms. The smallest absolute Gasteiger partial charge is 0.0178 e. The fourth-order valence-electron chi connectivity index (χ4n) is 1.13. The second-order valence-electron chi connectivity index (χ2n) is 3.01. The number of terminal acetylenes is 1.